The number of rotatable bonds is 3. The van der Waals surface area contributed by atoms with E-state index in [1.807, 2.05) is 6.07 Å². The van der Waals surface area contributed by atoms with Crippen LogP contribution < -0.4 is 5.73 Å². The van der Waals surface area contributed by atoms with E-state index in [-0.39, 0.29) is 0 Å². The Morgan fingerprint density at radius 1 is 1.29 bits per heavy atom. The molecule has 0 saturated carbocycles. The molecule has 1 saturated heterocycles. The van der Waals surface area contributed by atoms with Gasteiger partial charge in [-0.3, -0.25) is 4.90 Å². The van der Waals surface area contributed by atoms with E-state index in [1.54, 1.807) is 6.26 Å². The van der Waals surface area contributed by atoms with Crippen molar-refractivity contribution in [1.82, 2.24) is 4.90 Å². The van der Waals surface area contributed by atoms with E-state index in [0.717, 1.165) is 17.9 Å². The summed E-state index contributed by atoms with van der Waals surface area (Å²) in [5.41, 5.74) is 6.77. The van der Waals surface area contributed by atoms with Crippen molar-refractivity contribution in [2.75, 3.05) is 13.1 Å². The van der Waals surface area contributed by atoms with Crippen LogP contribution in [0.5, 0.6) is 0 Å². The molecule has 78 valence electrons. The van der Waals surface area contributed by atoms with Crippen LogP contribution in [0.3, 0.4) is 0 Å². The standard InChI is InChI=1S/C11H18N2O/c12-8-10-4-7-14-11(10)9-13-5-2-1-3-6-13/h4,7H,1-3,5-6,8-9,12H2. The zero-order valence-corrected chi connectivity index (χ0v) is 8.54. The third-order valence-electron chi connectivity index (χ3n) is 2.87. The average Bonchev–Trinajstić information content (AvgIpc) is 2.67. The maximum Gasteiger partial charge on any atom is 0.122 e. The lowest BCUT2D eigenvalue weighted by Crippen LogP contribution is -2.29. The molecule has 2 N–H and O–H groups in total. The van der Waals surface area contributed by atoms with Gasteiger partial charge >= 0.3 is 0 Å². The number of nitrogens with zero attached hydrogens (tertiary/aromatic N) is 1. The number of piperidine rings is 1. The SMILES string of the molecule is NCc1ccoc1CN1CCCCC1. The quantitative estimate of drug-likeness (QED) is 0.796. The Kier molecular flexibility index (Phi) is 3.22. The Bertz CT molecular complexity index is 277. The maximum atomic E-state index is 5.62. The van der Waals surface area contributed by atoms with Gasteiger partial charge in [0.2, 0.25) is 0 Å². The second kappa shape index (κ2) is 4.62. The van der Waals surface area contributed by atoms with Crippen LogP contribution in [0.2, 0.25) is 0 Å². The first-order valence-electron chi connectivity index (χ1n) is 5.38. The van der Waals surface area contributed by atoms with Crippen LogP contribution in [0.1, 0.15) is 30.6 Å². The molecule has 1 aromatic rings. The molecule has 3 heteroatoms. The van der Waals surface area contributed by atoms with Crippen LogP contribution in [-0.4, -0.2) is 18.0 Å². The van der Waals surface area contributed by atoms with Crippen molar-refractivity contribution < 1.29 is 4.42 Å². The largest absolute Gasteiger partial charge is 0.468 e. The summed E-state index contributed by atoms with van der Waals surface area (Å²) in [7, 11) is 0. The number of hydrogen-bond acceptors (Lipinski definition) is 3. The van der Waals surface area contributed by atoms with Crippen molar-refractivity contribution in [3.8, 4) is 0 Å². The number of furan rings is 1. The Labute approximate surface area is 84.9 Å². The van der Waals surface area contributed by atoms with E-state index < -0.39 is 0 Å². The highest BCUT2D eigenvalue weighted by molar-refractivity contribution is 5.16. The Morgan fingerprint density at radius 2 is 2.07 bits per heavy atom. The third kappa shape index (κ3) is 2.16. The number of nitrogens with two attached hydrogens (primary N) is 1. The molecule has 2 heterocycles. The Balaban J connectivity index is 1.95. The smallest absolute Gasteiger partial charge is 0.122 e. The van der Waals surface area contributed by atoms with Crippen LogP contribution in [0, 0.1) is 0 Å². The molecule has 1 aliphatic heterocycles. The van der Waals surface area contributed by atoms with Gasteiger partial charge in [-0.15, -0.1) is 0 Å². The first-order valence-corrected chi connectivity index (χ1v) is 5.38. The zero-order valence-electron chi connectivity index (χ0n) is 8.54. The van der Waals surface area contributed by atoms with E-state index in [2.05, 4.69) is 4.90 Å². The normalized spacial score (nSPS) is 18.6. The van der Waals surface area contributed by atoms with Gasteiger partial charge in [0.25, 0.3) is 0 Å². The molecule has 2 rings (SSSR count). The van der Waals surface area contributed by atoms with Gasteiger partial charge in [0.05, 0.1) is 12.8 Å². The molecule has 0 aliphatic carbocycles. The molecule has 0 amide bonds. The molecule has 0 spiro atoms. The molecule has 1 aromatic heterocycles. The molecule has 1 fully saturated rings. The highest BCUT2D eigenvalue weighted by Crippen LogP contribution is 2.16. The van der Waals surface area contributed by atoms with Gasteiger partial charge in [-0.25, -0.2) is 0 Å². The van der Waals surface area contributed by atoms with Gasteiger partial charge in [-0.2, -0.15) is 0 Å². The summed E-state index contributed by atoms with van der Waals surface area (Å²) in [6.07, 6.45) is 5.75. The summed E-state index contributed by atoms with van der Waals surface area (Å²) in [5, 5.41) is 0. The molecule has 0 radical (unpaired) electrons. The van der Waals surface area contributed by atoms with E-state index in [1.165, 1.54) is 32.4 Å². The summed E-state index contributed by atoms with van der Waals surface area (Å²) in [4.78, 5) is 2.45. The summed E-state index contributed by atoms with van der Waals surface area (Å²) < 4.78 is 5.44. The van der Waals surface area contributed by atoms with Gasteiger partial charge in [-0.05, 0) is 32.0 Å². The summed E-state index contributed by atoms with van der Waals surface area (Å²) in [6, 6.07) is 1.97. The molecule has 0 aromatic carbocycles. The van der Waals surface area contributed by atoms with Gasteiger partial charge in [0.1, 0.15) is 5.76 Å². The van der Waals surface area contributed by atoms with E-state index in [4.69, 9.17) is 10.2 Å². The average molecular weight is 194 g/mol. The lowest BCUT2D eigenvalue weighted by Gasteiger charge is -2.25. The first kappa shape index (κ1) is 9.74. The van der Waals surface area contributed by atoms with E-state index in [0.29, 0.717) is 6.54 Å². The molecule has 0 atom stereocenters. The number of hydrogen-bond donors (Lipinski definition) is 1. The highest BCUT2D eigenvalue weighted by Gasteiger charge is 2.13. The second-order valence-corrected chi connectivity index (χ2v) is 3.91. The second-order valence-electron chi connectivity index (χ2n) is 3.91. The topological polar surface area (TPSA) is 42.4 Å². The van der Waals surface area contributed by atoms with Crippen LogP contribution in [0.4, 0.5) is 0 Å². The van der Waals surface area contributed by atoms with Crippen molar-refractivity contribution in [1.29, 1.82) is 0 Å². The number of likely N-dealkylation sites (tertiary alicyclic amines) is 1. The van der Waals surface area contributed by atoms with Gasteiger partial charge in [0.15, 0.2) is 0 Å². The Hall–Kier alpha value is -0.800. The molecular weight excluding hydrogens is 176 g/mol. The summed E-state index contributed by atoms with van der Waals surface area (Å²) in [6.45, 7) is 3.91. The van der Waals surface area contributed by atoms with Crippen molar-refractivity contribution in [2.24, 2.45) is 5.73 Å². The predicted molar refractivity (Wildman–Crippen MR) is 55.7 cm³/mol. The van der Waals surface area contributed by atoms with Crippen molar-refractivity contribution in [2.45, 2.75) is 32.4 Å². The van der Waals surface area contributed by atoms with Gasteiger partial charge in [0, 0.05) is 12.1 Å². The fraction of sp³-hybridized carbons (Fsp3) is 0.636. The fourth-order valence-electron chi connectivity index (χ4n) is 2.01. The lowest BCUT2D eigenvalue weighted by molar-refractivity contribution is 0.204. The van der Waals surface area contributed by atoms with Crippen LogP contribution in [0.15, 0.2) is 16.7 Å². The van der Waals surface area contributed by atoms with E-state index >= 15 is 0 Å². The highest BCUT2D eigenvalue weighted by atomic mass is 16.3. The van der Waals surface area contributed by atoms with Crippen molar-refractivity contribution in [3.63, 3.8) is 0 Å². The van der Waals surface area contributed by atoms with E-state index in [9.17, 15) is 0 Å². The molecule has 14 heavy (non-hydrogen) atoms. The minimum absolute atomic E-state index is 0.583. The summed E-state index contributed by atoms with van der Waals surface area (Å²) >= 11 is 0. The predicted octanol–water partition coefficient (Wildman–Crippen LogP) is 1.72. The van der Waals surface area contributed by atoms with Crippen LogP contribution in [-0.2, 0) is 13.1 Å². The van der Waals surface area contributed by atoms with Gasteiger partial charge in [-0.1, -0.05) is 6.42 Å². The zero-order chi connectivity index (χ0) is 9.80. The van der Waals surface area contributed by atoms with Crippen molar-refractivity contribution in [3.05, 3.63) is 23.7 Å². The fourth-order valence-corrected chi connectivity index (χ4v) is 2.01. The molecular formula is C11H18N2O. The minimum Gasteiger partial charge on any atom is -0.468 e. The van der Waals surface area contributed by atoms with Crippen LogP contribution in [0.25, 0.3) is 0 Å². The molecule has 0 bridgehead atoms. The minimum atomic E-state index is 0.583. The molecule has 0 unspecified atom stereocenters. The third-order valence-corrected chi connectivity index (χ3v) is 2.87. The Morgan fingerprint density at radius 3 is 2.79 bits per heavy atom. The van der Waals surface area contributed by atoms with Crippen LogP contribution >= 0.6 is 0 Å². The monoisotopic (exact) mass is 194 g/mol. The maximum absolute atomic E-state index is 5.62. The van der Waals surface area contributed by atoms with Crippen molar-refractivity contribution >= 4 is 0 Å². The molecule has 1 aliphatic rings. The first-order chi connectivity index (χ1) is 6.90. The van der Waals surface area contributed by atoms with Gasteiger partial charge < -0.3 is 10.2 Å². The summed E-state index contributed by atoms with van der Waals surface area (Å²) in [5.74, 6) is 1.05. The lowest BCUT2D eigenvalue weighted by atomic mass is 10.1. The molecule has 3 nitrogen and oxygen atoms in total.